The maximum absolute atomic E-state index is 14.3. The Hall–Kier alpha value is -1.91. The molecule has 1 amide bonds. The molecule has 0 atom stereocenters. The summed E-state index contributed by atoms with van der Waals surface area (Å²) in [5, 5.41) is 2.65. The molecule has 24 heavy (non-hydrogen) atoms. The minimum Gasteiger partial charge on any atom is -0.350 e. The molecule has 0 fully saturated rings. The van der Waals surface area contributed by atoms with Crippen LogP contribution in [0.3, 0.4) is 0 Å². The molecule has 3 N–H and O–H groups in total. The lowest BCUT2D eigenvalue weighted by Crippen LogP contribution is -2.45. The van der Waals surface area contributed by atoms with E-state index in [1.54, 1.807) is 19.9 Å². The maximum atomic E-state index is 14.3. The molecule has 130 valence electrons. The van der Waals surface area contributed by atoms with Crippen molar-refractivity contribution < 1.29 is 9.18 Å². The second-order valence-electron chi connectivity index (χ2n) is 6.66. The Morgan fingerprint density at radius 2 is 1.67 bits per heavy atom. The first-order chi connectivity index (χ1) is 10.7. The number of amides is 1. The monoisotopic (exact) mass is 350 g/mol. The quantitative estimate of drug-likeness (QED) is 0.875. The Kier molecular flexibility index (Phi) is 6.52. The van der Waals surface area contributed by atoms with Gasteiger partial charge in [-0.15, -0.1) is 12.4 Å². The maximum Gasteiger partial charge on any atom is 0.254 e. The predicted octanol–water partition coefficient (Wildman–Crippen LogP) is 4.00. The molecule has 0 bridgehead atoms. The standard InChI is InChI=1S/C19H23FN2O.ClH/c1-12-5-6-14(9-13(12)2)15-7-8-16(17(20)10-15)18(23)22-11-19(3,4)21;/h5-10H,11,21H2,1-4H3,(H,22,23);1H. The first kappa shape index (κ1) is 20.1. The van der Waals surface area contributed by atoms with Gasteiger partial charge in [0.1, 0.15) is 5.82 Å². The summed E-state index contributed by atoms with van der Waals surface area (Å²) in [7, 11) is 0. The molecule has 0 radical (unpaired) electrons. The van der Waals surface area contributed by atoms with Crippen LogP contribution in [0.1, 0.15) is 35.3 Å². The first-order valence-electron chi connectivity index (χ1n) is 7.61. The second-order valence-corrected chi connectivity index (χ2v) is 6.66. The van der Waals surface area contributed by atoms with Crippen molar-refractivity contribution >= 4 is 18.3 Å². The lowest BCUT2D eigenvalue weighted by molar-refractivity contribution is 0.0942. The minimum atomic E-state index is -0.536. The summed E-state index contributed by atoms with van der Waals surface area (Å²) < 4.78 is 14.3. The van der Waals surface area contributed by atoms with Crippen molar-refractivity contribution in [3.8, 4) is 11.1 Å². The third-order valence-corrected chi connectivity index (χ3v) is 3.76. The number of aryl methyl sites for hydroxylation is 2. The zero-order valence-corrected chi connectivity index (χ0v) is 15.3. The molecular weight excluding hydrogens is 327 g/mol. The van der Waals surface area contributed by atoms with Crippen LogP contribution < -0.4 is 11.1 Å². The van der Waals surface area contributed by atoms with E-state index in [-0.39, 0.29) is 24.5 Å². The summed E-state index contributed by atoms with van der Waals surface area (Å²) in [5.74, 6) is -0.985. The average Bonchev–Trinajstić information content (AvgIpc) is 2.47. The smallest absolute Gasteiger partial charge is 0.254 e. The zero-order chi connectivity index (χ0) is 17.2. The molecule has 0 aliphatic carbocycles. The molecule has 3 nitrogen and oxygen atoms in total. The van der Waals surface area contributed by atoms with Gasteiger partial charge in [0.25, 0.3) is 5.91 Å². The summed E-state index contributed by atoms with van der Waals surface area (Å²) in [4.78, 5) is 12.1. The van der Waals surface area contributed by atoms with Crippen LogP contribution >= 0.6 is 12.4 Å². The fraction of sp³-hybridized carbons (Fsp3) is 0.316. The van der Waals surface area contributed by atoms with Crippen LogP contribution in [0.2, 0.25) is 0 Å². The van der Waals surface area contributed by atoms with Gasteiger partial charge in [0.05, 0.1) is 5.56 Å². The van der Waals surface area contributed by atoms with Crippen molar-refractivity contribution in [2.75, 3.05) is 6.54 Å². The normalized spacial score (nSPS) is 10.9. The zero-order valence-electron chi connectivity index (χ0n) is 14.4. The van der Waals surface area contributed by atoms with Gasteiger partial charge in [-0.1, -0.05) is 24.3 Å². The highest BCUT2D eigenvalue weighted by Gasteiger charge is 2.16. The number of carbonyl (C=O) groups is 1. The fourth-order valence-electron chi connectivity index (χ4n) is 2.20. The van der Waals surface area contributed by atoms with E-state index in [1.807, 2.05) is 32.0 Å². The molecule has 0 aliphatic heterocycles. The molecule has 2 aromatic carbocycles. The third kappa shape index (κ3) is 5.05. The highest BCUT2D eigenvalue weighted by Crippen LogP contribution is 2.24. The van der Waals surface area contributed by atoms with Crippen LogP contribution in [0.15, 0.2) is 36.4 Å². The number of carbonyl (C=O) groups excluding carboxylic acids is 1. The Bertz CT molecular complexity index is 739. The van der Waals surface area contributed by atoms with Crippen LogP contribution in [0.25, 0.3) is 11.1 Å². The van der Waals surface area contributed by atoms with Crippen molar-refractivity contribution in [3.63, 3.8) is 0 Å². The Morgan fingerprint density at radius 1 is 1.08 bits per heavy atom. The van der Waals surface area contributed by atoms with Gasteiger partial charge >= 0.3 is 0 Å². The van der Waals surface area contributed by atoms with Gasteiger partial charge in [-0.3, -0.25) is 4.79 Å². The van der Waals surface area contributed by atoms with E-state index in [4.69, 9.17) is 5.73 Å². The van der Waals surface area contributed by atoms with Crippen molar-refractivity contribution in [2.45, 2.75) is 33.2 Å². The molecule has 0 aliphatic rings. The first-order valence-corrected chi connectivity index (χ1v) is 7.61. The Balaban J connectivity index is 0.00000288. The van der Waals surface area contributed by atoms with Crippen LogP contribution in [-0.2, 0) is 0 Å². The van der Waals surface area contributed by atoms with E-state index in [9.17, 15) is 9.18 Å². The van der Waals surface area contributed by atoms with Crippen molar-refractivity contribution in [1.29, 1.82) is 0 Å². The molecule has 0 saturated heterocycles. The van der Waals surface area contributed by atoms with Gasteiger partial charge < -0.3 is 11.1 Å². The number of nitrogens with one attached hydrogen (secondary N) is 1. The van der Waals surface area contributed by atoms with Crippen LogP contribution in [-0.4, -0.2) is 18.0 Å². The van der Waals surface area contributed by atoms with Gasteiger partial charge in [0.2, 0.25) is 0 Å². The summed E-state index contributed by atoms with van der Waals surface area (Å²) in [6.07, 6.45) is 0. The van der Waals surface area contributed by atoms with E-state index >= 15 is 0 Å². The summed E-state index contributed by atoms with van der Waals surface area (Å²) in [6.45, 7) is 7.93. The molecule has 2 aromatic rings. The summed E-state index contributed by atoms with van der Waals surface area (Å²) >= 11 is 0. The molecule has 2 rings (SSSR count). The number of nitrogens with two attached hydrogens (primary N) is 1. The SMILES string of the molecule is Cc1ccc(-c2ccc(C(=O)NCC(C)(C)N)c(F)c2)cc1C.Cl. The van der Waals surface area contributed by atoms with Crippen LogP contribution in [0, 0.1) is 19.7 Å². The van der Waals surface area contributed by atoms with Crippen molar-refractivity contribution in [3.05, 3.63) is 58.9 Å². The molecule has 0 heterocycles. The second kappa shape index (κ2) is 7.77. The number of benzene rings is 2. The molecular formula is C19H24ClFN2O. The van der Waals surface area contributed by atoms with Crippen molar-refractivity contribution in [1.82, 2.24) is 5.32 Å². The van der Waals surface area contributed by atoms with Gasteiger partial charge in [-0.25, -0.2) is 4.39 Å². The predicted molar refractivity (Wildman–Crippen MR) is 99.2 cm³/mol. The molecule has 0 saturated carbocycles. The van der Waals surface area contributed by atoms with Gasteiger partial charge in [0, 0.05) is 12.1 Å². The molecule has 0 spiro atoms. The highest BCUT2D eigenvalue weighted by molar-refractivity contribution is 5.95. The van der Waals surface area contributed by atoms with E-state index < -0.39 is 17.3 Å². The Labute approximate surface area is 148 Å². The van der Waals surface area contributed by atoms with E-state index in [0.29, 0.717) is 0 Å². The average molecular weight is 351 g/mol. The van der Waals surface area contributed by atoms with Crippen molar-refractivity contribution in [2.24, 2.45) is 5.73 Å². The molecule has 0 unspecified atom stereocenters. The third-order valence-electron chi connectivity index (χ3n) is 3.76. The number of halogens is 2. The van der Waals surface area contributed by atoms with Gasteiger partial charge in [0.15, 0.2) is 0 Å². The minimum absolute atomic E-state index is 0. The Morgan fingerprint density at radius 3 is 2.21 bits per heavy atom. The molecule has 0 aromatic heterocycles. The summed E-state index contributed by atoms with van der Waals surface area (Å²) in [6, 6.07) is 10.6. The van der Waals surface area contributed by atoms with Gasteiger partial charge in [-0.2, -0.15) is 0 Å². The number of hydrogen-bond acceptors (Lipinski definition) is 2. The number of hydrogen-bond donors (Lipinski definition) is 2. The number of rotatable bonds is 4. The lowest BCUT2D eigenvalue weighted by Gasteiger charge is -2.19. The molecule has 5 heteroatoms. The highest BCUT2D eigenvalue weighted by atomic mass is 35.5. The summed E-state index contributed by atoms with van der Waals surface area (Å²) in [5.41, 5.74) is 9.33. The fourth-order valence-corrected chi connectivity index (χ4v) is 2.20. The van der Waals surface area contributed by atoms with Crippen LogP contribution in [0.4, 0.5) is 4.39 Å². The largest absolute Gasteiger partial charge is 0.350 e. The van der Waals surface area contributed by atoms with Crippen LogP contribution in [0.5, 0.6) is 0 Å². The van der Waals surface area contributed by atoms with Gasteiger partial charge in [-0.05, 0) is 62.1 Å². The lowest BCUT2D eigenvalue weighted by atomic mass is 9.99. The van der Waals surface area contributed by atoms with E-state index in [1.165, 1.54) is 17.7 Å². The van der Waals surface area contributed by atoms with E-state index in [0.717, 1.165) is 16.7 Å². The topological polar surface area (TPSA) is 55.1 Å². The van der Waals surface area contributed by atoms with E-state index in [2.05, 4.69) is 5.32 Å².